The van der Waals surface area contributed by atoms with Crippen LogP contribution in [0.3, 0.4) is 0 Å². The minimum atomic E-state index is -1.21. The summed E-state index contributed by atoms with van der Waals surface area (Å²) in [7, 11) is 1.15. The van der Waals surface area contributed by atoms with Crippen LogP contribution in [0.1, 0.15) is 11.6 Å². The van der Waals surface area contributed by atoms with Gasteiger partial charge < -0.3 is 25.8 Å². The van der Waals surface area contributed by atoms with Gasteiger partial charge in [-0.3, -0.25) is 4.79 Å². The Labute approximate surface area is 97.7 Å². The maximum absolute atomic E-state index is 11.1. The Bertz CT molecular complexity index is 396. The Morgan fingerprint density at radius 3 is 2.38 bits per heavy atom. The molecular weight excluding hydrogens is 238 g/mol. The highest BCUT2D eigenvalue weighted by Crippen LogP contribution is 2.39. The molecule has 0 heterocycles. The molecule has 0 amide bonds. The first-order valence-electron chi connectivity index (χ1n) is 4.06. The number of carbonyl (C=O) groups excluding carboxylic acids is 1. The molecule has 0 spiro atoms. The molecule has 1 aromatic carbocycles. The fraction of sp³-hybridized carbons (Fsp3) is 0.222. The minimum absolute atomic E-state index is 0. The fourth-order valence-corrected chi connectivity index (χ4v) is 1.09. The number of phenolic OH excluding ortho intramolecular Hbond substituents is 3. The summed E-state index contributed by atoms with van der Waals surface area (Å²) in [5.74, 6) is -2.59. The quantitative estimate of drug-likeness (QED) is 0.446. The smallest absolute Gasteiger partial charge is 0.327 e. The number of methoxy groups -OCH3 is 1. The van der Waals surface area contributed by atoms with Crippen LogP contribution < -0.4 is 5.73 Å². The molecular formula is C9H12ClNO5. The van der Waals surface area contributed by atoms with Crippen LogP contribution in [0.2, 0.25) is 0 Å². The molecule has 7 heteroatoms. The molecule has 0 aliphatic heterocycles. The number of esters is 1. The van der Waals surface area contributed by atoms with Crippen molar-refractivity contribution in [3.8, 4) is 17.2 Å². The van der Waals surface area contributed by atoms with Crippen molar-refractivity contribution in [2.24, 2.45) is 5.73 Å². The third-order valence-corrected chi connectivity index (χ3v) is 1.95. The third kappa shape index (κ3) is 2.47. The molecule has 1 rings (SSSR count). The summed E-state index contributed by atoms with van der Waals surface area (Å²) in [6.45, 7) is 0. The first-order valence-corrected chi connectivity index (χ1v) is 4.06. The number of aromatic hydroxyl groups is 3. The summed E-state index contributed by atoms with van der Waals surface area (Å²) in [5.41, 5.74) is 5.43. The van der Waals surface area contributed by atoms with Crippen molar-refractivity contribution in [3.05, 3.63) is 17.7 Å². The lowest BCUT2D eigenvalue weighted by atomic mass is 10.1. The van der Waals surface area contributed by atoms with Gasteiger partial charge in [-0.15, -0.1) is 12.4 Å². The van der Waals surface area contributed by atoms with Crippen molar-refractivity contribution < 1.29 is 24.9 Å². The van der Waals surface area contributed by atoms with Crippen molar-refractivity contribution in [1.29, 1.82) is 0 Å². The van der Waals surface area contributed by atoms with Crippen LogP contribution in [0.25, 0.3) is 0 Å². The van der Waals surface area contributed by atoms with E-state index < -0.39 is 29.3 Å². The normalized spacial score (nSPS) is 11.4. The van der Waals surface area contributed by atoms with Crippen LogP contribution in [0.5, 0.6) is 17.2 Å². The van der Waals surface area contributed by atoms with Gasteiger partial charge in [-0.2, -0.15) is 0 Å². The molecule has 0 radical (unpaired) electrons. The molecule has 0 saturated heterocycles. The largest absolute Gasteiger partial charge is 0.504 e. The van der Waals surface area contributed by atoms with E-state index in [4.69, 9.17) is 10.8 Å². The summed E-state index contributed by atoms with van der Waals surface area (Å²) in [5, 5.41) is 27.6. The van der Waals surface area contributed by atoms with Crippen molar-refractivity contribution in [1.82, 2.24) is 0 Å². The number of halogens is 1. The number of carbonyl (C=O) groups is 1. The van der Waals surface area contributed by atoms with Crippen LogP contribution in [-0.2, 0) is 9.53 Å². The number of nitrogens with two attached hydrogens (primary N) is 1. The van der Waals surface area contributed by atoms with Crippen molar-refractivity contribution in [2.75, 3.05) is 7.11 Å². The summed E-state index contributed by atoms with van der Waals surface area (Å²) in [4.78, 5) is 11.1. The van der Waals surface area contributed by atoms with Crippen LogP contribution >= 0.6 is 12.4 Å². The first kappa shape index (κ1) is 14.3. The van der Waals surface area contributed by atoms with Gasteiger partial charge in [0, 0.05) is 5.56 Å². The monoisotopic (exact) mass is 249 g/mol. The minimum Gasteiger partial charge on any atom is -0.504 e. The highest BCUT2D eigenvalue weighted by Gasteiger charge is 2.22. The lowest BCUT2D eigenvalue weighted by Gasteiger charge is -2.12. The molecule has 5 N–H and O–H groups in total. The van der Waals surface area contributed by atoms with Crippen molar-refractivity contribution in [2.45, 2.75) is 6.04 Å². The van der Waals surface area contributed by atoms with E-state index in [9.17, 15) is 15.0 Å². The summed E-state index contributed by atoms with van der Waals surface area (Å²) >= 11 is 0. The number of rotatable bonds is 2. The van der Waals surface area contributed by atoms with Crippen LogP contribution in [0.15, 0.2) is 12.1 Å². The molecule has 1 atom stereocenters. The topological polar surface area (TPSA) is 113 Å². The molecule has 0 saturated carbocycles. The Morgan fingerprint density at radius 1 is 1.31 bits per heavy atom. The van der Waals surface area contributed by atoms with E-state index >= 15 is 0 Å². The van der Waals surface area contributed by atoms with E-state index in [0.29, 0.717) is 0 Å². The first-order chi connectivity index (χ1) is 6.99. The maximum atomic E-state index is 11.1. The Balaban J connectivity index is 0.00000225. The average molecular weight is 250 g/mol. The fourth-order valence-electron chi connectivity index (χ4n) is 1.09. The van der Waals surface area contributed by atoms with Gasteiger partial charge in [0.05, 0.1) is 7.11 Å². The second-order valence-corrected chi connectivity index (χ2v) is 2.87. The molecule has 0 aromatic heterocycles. The number of benzene rings is 1. The van der Waals surface area contributed by atoms with Crippen LogP contribution in [0.4, 0.5) is 0 Å². The van der Waals surface area contributed by atoms with E-state index in [-0.39, 0.29) is 18.0 Å². The van der Waals surface area contributed by atoms with Gasteiger partial charge in [-0.05, 0) is 12.1 Å². The number of hydrogen-bond donors (Lipinski definition) is 4. The highest BCUT2D eigenvalue weighted by molar-refractivity contribution is 5.85. The summed E-state index contributed by atoms with van der Waals surface area (Å²) in [6.07, 6.45) is 0. The third-order valence-electron chi connectivity index (χ3n) is 1.95. The molecule has 1 aromatic rings. The van der Waals surface area contributed by atoms with E-state index in [0.717, 1.165) is 13.2 Å². The molecule has 90 valence electrons. The van der Waals surface area contributed by atoms with E-state index in [1.54, 1.807) is 0 Å². The van der Waals surface area contributed by atoms with Crippen LogP contribution in [-0.4, -0.2) is 28.4 Å². The number of phenols is 3. The van der Waals surface area contributed by atoms with Gasteiger partial charge in [0.25, 0.3) is 0 Å². The molecule has 0 fully saturated rings. The Hall–Kier alpha value is -1.66. The van der Waals surface area contributed by atoms with Gasteiger partial charge in [0.2, 0.25) is 5.75 Å². The molecule has 6 nitrogen and oxygen atoms in total. The van der Waals surface area contributed by atoms with Crippen LogP contribution in [0, 0.1) is 0 Å². The standard InChI is InChI=1S/C9H11NO5.ClH/c1-15-9(14)6(10)4-2-3-5(11)8(13)7(4)12;/h2-3,6,11-13H,10H2,1H3;1H/t6-;/m1./s1. The molecule has 0 unspecified atom stereocenters. The van der Waals surface area contributed by atoms with Gasteiger partial charge in [0.15, 0.2) is 11.5 Å². The van der Waals surface area contributed by atoms with Gasteiger partial charge >= 0.3 is 5.97 Å². The van der Waals surface area contributed by atoms with Crippen molar-refractivity contribution >= 4 is 18.4 Å². The second kappa shape index (κ2) is 5.43. The van der Waals surface area contributed by atoms with Crippen molar-refractivity contribution in [3.63, 3.8) is 0 Å². The Morgan fingerprint density at radius 2 is 1.88 bits per heavy atom. The zero-order chi connectivity index (χ0) is 11.6. The summed E-state index contributed by atoms with van der Waals surface area (Å²) in [6, 6.07) is 1.14. The summed E-state index contributed by atoms with van der Waals surface area (Å²) < 4.78 is 4.37. The second-order valence-electron chi connectivity index (χ2n) is 2.87. The van der Waals surface area contributed by atoms with E-state index in [1.165, 1.54) is 6.07 Å². The molecule has 0 aliphatic rings. The highest BCUT2D eigenvalue weighted by atomic mass is 35.5. The average Bonchev–Trinajstić information content (AvgIpc) is 2.24. The predicted molar refractivity (Wildman–Crippen MR) is 57.6 cm³/mol. The van der Waals surface area contributed by atoms with E-state index in [2.05, 4.69) is 4.74 Å². The van der Waals surface area contributed by atoms with Gasteiger partial charge in [-0.25, -0.2) is 0 Å². The molecule has 0 aliphatic carbocycles. The zero-order valence-electron chi connectivity index (χ0n) is 8.38. The maximum Gasteiger partial charge on any atom is 0.327 e. The molecule has 16 heavy (non-hydrogen) atoms. The lowest BCUT2D eigenvalue weighted by Crippen LogP contribution is -2.22. The lowest BCUT2D eigenvalue weighted by molar-refractivity contribution is -0.142. The SMILES string of the molecule is COC(=O)[C@H](N)c1ccc(O)c(O)c1O.Cl. The van der Waals surface area contributed by atoms with E-state index in [1.807, 2.05) is 0 Å². The predicted octanol–water partition coefficient (Wildman–Crippen LogP) is 0.398. The molecule has 0 bridgehead atoms. The Kier molecular flexibility index (Phi) is 4.87. The van der Waals surface area contributed by atoms with Gasteiger partial charge in [0.1, 0.15) is 6.04 Å². The number of ether oxygens (including phenoxy) is 1. The number of hydrogen-bond acceptors (Lipinski definition) is 6. The zero-order valence-corrected chi connectivity index (χ0v) is 9.19. The van der Waals surface area contributed by atoms with Gasteiger partial charge in [-0.1, -0.05) is 0 Å².